The standard InChI is InChI=1S/C21H19ClN2O4S/c1-14-12-17(9-10-19(14)23-21(25)15-6-4-3-5-7-15)29(26,27)24-16-8-11-20(28-2)18(22)13-16/h3-13,24H,1-2H3,(H,23,25). The summed E-state index contributed by atoms with van der Waals surface area (Å²) in [5.74, 6) is 0.180. The summed E-state index contributed by atoms with van der Waals surface area (Å²) in [6, 6.07) is 17.9. The van der Waals surface area contributed by atoms with E-state index in [4.69, 9.17) is 16.3 Å². The number of anilines is 2. The van der Waals surface area contributed by atoms with Gasteiger partial charge in [0.05, 0.1) is 22.7 Å². The van der Waals surface area contributed by atoms with Gasteiger partial charge in [0.15, 0.2) is 0 Å². The van der Waals surface area contributed by atoms with Crippen molar-refractivity contribution in [2.45, 2.75) is 11.8 Å². The molecule has 0 heterocycles. The average molecular weight is 431 g/mol. The van der Waals surface area contributed by atoms with Crippen LogP contribution in [0.5, 0.6) is 5.75 Å². The zero-order valence-corrected chi connectivity index (χ0v) is 17.3. The molecule has 0 aliphatic heterocycles. The van der Waals surface area contributed by atoms with Gasteiger partial charge in [0.1, 0.15) is 5.75 Å². The number of carbonyl (C=O) groups is 1. The molecule has 0 atom stereocenters. The molecular weight excluding hydrogens is 412 g/mol. The van der Waals surface area contributed by atoms with Crippen LogP contribution in [0.1, 0.15) is 15.9 Å². The van der Waals surface area contributed by atoms with E-state index in [1.54, 1.807) is 49.4 Å². The summed E-state index contributed by atoms with van der Waals surface area (Å²) in [6.45, 7) is 1.73. The van der Waals surface area contributed by atoms with Gasteiger partial charge in [-0.25, -0.2) is 8.42 Å². The number of hydrogen-bond donors (Lipinski definition) is 2. The van der Waals surface area contributed by atoms with Crippen LogP contribution < -0.4 is 14.8 Å². The number of amides is 1. The average Bonchev–Trinajstić information content (AvgIpc) is 2.70. The lowest BCUT2D eigenvalue weighted by Crippen LogP contribution is -2.15. The normalized spacial score (nSPS) is 11.0. The molecule has 2 N–H and O–H groups in total. The lowest BCUT2D eigenvalue weighted by Gasteiger charge is -2.13. The van der Waals surface area contributed by atoms with Crippen LogP contribution in [-0.2, 0) is 10.0 Å². The van der Waals surface area contributed by atoms with Crippen LogP contribution in [0, 0.1) is 6.92 Å². The van der Waals surface area contributed by atoms with Gasteiger partial charge >= 0.3 is 0 Å². The summed E-state index contributed by atoms with van der Waals surface area (Å²) >= 11 is 6.05. The zero-order chi connectivity index (χ0) is 21.0. The molecule has 8 heteroatoms. The molecule has 0 fully saturated rings. The first-order valence-electron chi connectivity index (χ1n) is 8.63. The highest BCUT2D eigenvalue weighted by molar-refractivity contribution is 7.92. The first-order chi connectivity index (χ1) is 13.8. The maximum atomic E-state index is 12.7. The van der Waals surface area contributed by atoms with Crippen molar-refractivity contribution >= 4 is 38.9 Å². The molecule has 1 amide bonds. The van der Waals surface area contributed by atoms with E-state index in [0.29, 0.717) is 33.3 Å². The second-order valence-corrected chi connectivity index (χ2v) is 8.34. The van der Waals surface area contributed by atoms with Crippen LogP contribution in [0.25, 0.3) is 0 Å². The first-order valence-corrected chi connectivity index (χ1v) is 10.5. The molecule has 0 aliphatic rings. The van der Waals surface area contributed by atoms with Gasteiger partial charge in [-0.3, -0.25) is 9.52 Å². The van der Waals surface area contributed by atoms with Crippen LogP contribution >= 0.6 is 11.6 Å². The number of halogens is 1. The Morgan fingerprint density at radius 1 is 1.00 bits per heavy atom. The summed E-state index contributed by atoms with van der Waals surface area (Å²) in [5.41, 5.74) is 1.98. The van der Waals surface area contributed by atoms with Gasteiger partial charge in [-0.2, -0.15) is 0 Å². The van der Waals surface area contributed by atoms with Crippen molar-refractivity contribution in [3.05, 3.63) is 82.9 Å². The number of aryl methyl sites for hydroxylation is 1. The van der Waals surface area contributed by atoms with Crippen molar-refractivity contribution in [2.75, 3.05) is 17.1 Å². The van der Waals surface area contributed by atoms with Gasteiger partial charge in [0.25, 0.3) is 15.9 Å². The molecule has 0 bridgehead atoms. The minimum absolute atomic E-state index is 0.0691. The van der Waals surface area contributed by atoms with Gasteiger partial charge in [-0.05, 0) is 61.0 Å². The fourth-order valence-electron chi connectivity index (χ4n) is 2.67. The number of hydrogen-bond acceptors (Lipinski definition) is 4. The maximum Gasteiger partial charge on any atom is 0.261 e. The number of benzene rings is 3. The quantitative estimate of drug-likeness (QED) is 0.593. The molecular formula is C21H19ClN2O4S. The number of carbonyl (C=O) groups excluding carboxylic acids is 1. The summed E-state index contributed by atoms with van der Waals surface area (Å²) in [5, 5.41) is 3.08. The summed E-state index contributed by atoms with van der Waals surface area (Å²) in [6.07, 6.45) is 0. The van der Waals surface area contributed by atoms with E-state index in [-0.39, 0.29) is 10.8 Å². The Kier molecular flexibility index (Phi) is 6.10. The van der Waals surface area contributed by atoms with E-state index in [0.717, 1.165) is 0 Å². The summed E-state index contributed by atoms with van der Waals surface area (Å²) < 4.78 is 33.0. The predicted molar refractivity (Wildman–Crippen MR) is 114 cm³/mol. The molecule has 0 saturated carbocycles. The monoisotopic (exact) mass is 430 g/mol. The van der Waals surface area contributed by atoms with Crippen LogP contribution in [0.3, 0.4) is 0 Å². The molecule has 0 aliphatic carbocycles. The first kappa shape index (κ1) is 20.7. The Labute approximate surface area is 174 Å². The lowest BCUT2D eigenvalue weighted by molar-refractivity contribution is 0.102. The maximum absolute atomic E-state index is 12.7. The Morgan fingerprint density at radius 2 is 1.72 bits per heavy atom. The van der Waals surface area contributed by atoms with E-state index >= 15 is 0 Å². The van der Waals surface area contributed by atoms with Gasteiger partial charge in [-0.1, -0.05) is 29.8 Å². The second-order valence-electron chi connectivity index (χ2n) is 6.25. The molecule has 0 spiro atoms. The van der Waals surface area contributed by atoms with Crippen molar-refractivity contribution in [2.24, 2.45) is 0 Å². The van der Waals surface area contributed by atoms with Gasteiger partial charge in [0.2, 0.25) is 0 Å². The third-order valence-corrected chi connectivity index (χ3v) is 5.87. The number of ether oxygens (including phenoxy) is 1. The molecule has 3 rings (SSSR count). The molecule has 3 aromatic carbocycles. The van der Waals surface area contributed by atoms with Crippen molar-refractivity contribution in [3.63, 3.8) is 0 Å². The third kappa shape index (κ3) is 4.88. The van der Waals surface area contributed by atoms with E-state index < -0.39 is 10.0 Å². The van der Waals surface area contributed by atoms with Gasteiger partial charge in [-0.15, -0.1) is 0 Å². The molecule has 29 heavy (non-hydrogen) atoms. The Balaban J connectivity index is 1.79. The topological polar surface area (TPSA) is 84.5 Å². The number of sulfonamides is 1. The molecule has 0 radical (unpaired) electrons. The highest BCUT2D eigenvalue weighted by Crippen LogP contribution is 2.29. The second kappa shape index (κ2) is 8.55. The van der Waals surface area contributed by atoms with E-state index in [1.165, 1.54) is 25.3 Å². The van der Waals surface area contributed by atoms with Crippen molar-refractivity contribution in [1.29, 1.82) is 0 Å². The Hall–Kier alpha value is -3.03. The fourth-order valence-corrected chi connectivity index (χ4v) is 4.06. The van der Waals surface area contributed by atoms with E-state index in [2.05, 4.69) is 10.0 Å². The molecule has 150 valence electrons. The highest BCUT2D eigenvalue weighted by Gasteiger charge is 2.17. The number of rotatable bonds is 6. The molecule has 6 nitrogen and oxygen atoms in total. The van der Waals surface area contributed by atoms with Crippen molar-refractivity contribution in [1.82, 2.24) is 0 Å². The largest absolute Gasteiger partial charge is 0.495 e. The molecule has 0 unspecified atom stereocenters. The summed E-state index contributed by atoms with van der Waals surface area (Å²) in [4.78, 5) is 12.4. The van der Waals surface area contributed by atoms with E-state index in [1.807, 2.05) is 6.07 Å². The van der Waals surface area contributed by atoms with Crippen molar-refractivity contribution in [3.8, 4) is 5.75 Å². The highest BCUT2D eigenvalue weighted by atomic mass is 35.5. The smallest absolute Gasteiger partial charge is 0.261 e. The lowest BCUT2D eigenvalue weighted by atomic mass is 10.1. The fraction of sp³-hybridized carbons (Fsp3) is 0.0952. The molecule has 0 saturated heterocycles. The van der Waals surface area contributed by atoms with Crippen LogP contribution in [0.4, 0.5) is 11.4 Å². The minimum Gasteiger partial charge on any atom is -0.495 e. The predicted octanol–water partition coefficient (Wildman–Crippen LogP) is 4.71. The molecule has 3 aromatic rings. The SMILES string of the molecule is COc1ccc(NS(=O)(=O)c2ccc(NC(=O)c3ccccc3)c(C)c2)cc1Cl. The van der Waals surface area contributed by atoms with Gasteiger partial charge in [0, 0.05) is 11.3 Å². The number of methoxy groups -OCH3 is 1. The van der Waals surface area contributed by atoms with E-state index in [9.17, 15) is 13.2 Å². The summed E-state index contributed by atoms with van der Waals surface area (Å²) in [7, 11) is -2.35. The Morgan fingerprint density at radius 3 is 2.34 bits per heavy atom. The molecule has 0 aromatic heterocycles. The van der Waals surface area contributed by atoms with Gasteiger partial charge < -0.3 is 10.1 Å². The minimum atomic E-state index is -3.83. The van der Waals surface area contributed by atoms with Crippen LogP contribution in [0.2, 0.25) is 5.02 Å². The van der Waals surface area contributed by atoms with Crippen LogP contribution in [0.15, 0.2) is 71.6 Å². The number of nitrogens with one attached hydrogen (secondary N) is 2. The van der Waals surface area contributed by atoms with Crippen LogP contribution in [-0.4, -0.2) is 21.4 Å². The third-order valence-electron chi connectivity index (χ3n) is 4.20. The van der Waals surface area contributed by atoms with Crippen molar-refractivity contribution < 1.29 is 17.9 Å². The zero-order valence-electron chi connectivity index (χ0n) is 15.8. The Bertz CT molecular complexity index is 1150.